The first-order valence-electron chi connectivity index (χ1n) is 7.43. The Morgan fingerprint density at radius 2 is 1.62 bits per heavy atom. The number of aromatic nitrogens is 2. The van der Waals surface area contributed by atoms with E-state index in [-0.39, 0.29) is 0 Å². The highest BCUT2D eigenvalue weighted by Gasteiger charge is 2.18. The molecule has 3 aromatic rings. The van der Waals surface area contributed by atoms with E-state index >= 15 is 0 Å². The largest absolute Gasteiger partial charge is 0.497 e. The molecule has 1 heterocycles. The molecule has 0 saturated carbocycles. The Morgan fingerprint density at radius 3 is 2.25 bits per heavy atom. The van der Waals surface area contributed by atoms with Crippen molar-refractivity contribution in [2.75, 3.05) is 33.3 Å². The Kier molecular flexibility index (Phi) is 4.37. The first-order valence-corrected chi connectivity index (χ1v) is 7.43. The van der Waals surface area contributed by atoms with E-state index in [1.54, 1.807) is 27.5 Å². The molecule has 6 heteroatoms. The Balaban J connectivity index is 2.17. The Hall–Kier alpha value is -3.02. The maximum Gasteiger partial charge on any atom is 0.172 e. The summed E-state index contributed by atoms with van der Waals surface area (Å²) in [6, 6.07) is 11.5. The van der Waals surface area contributed by atoms with Crippen LogP contribution in [0.2, 0.25) is 0 Å². The molecule has 0 aliphatic carbocycles. The van der Waals surface area contributed by atoms with Crippen LogP contribution in [0.3, 0.4) is 0 Å². The summed E-state index contributed by atoms with van der Waals surface area (Å²) in [5.41, 5.74) is 0.961. The summed E-state index contributed by atoms with van der Waals surface area (Å²) >= 11 is 0. The van der Waals surface area contributed by atoms with Gasteiger partial charge in [0.15, 0.2) is 17.3 Å². The zero-order valence-electron chi connectivity index (χ0n) is 14.1. The van der Waals surface area contributed by atoms with E-state index in [9.17, 15) is 0 Å². The second-order valence-corrected chi connectivity index (χ2v) is 5.19. The van der Waals surface area contributed by atoms with E-state index in [0.29, 0.717) is 17.3 Å². The van der Waals surface area contributed by atoms with Gasteiger partial charge in [0.25, 0.3) is 0 Å². The van der Waals surface area contributed by atoms with Gasteiger partial charge in [-0.05, 0) is 36.4 Å². The molecule has 0 amide bonds. The van der Waals surface area contributed by atoms with E-state index in [1.165, 1.54) is 0 Å². The molecule has 2 aromatic carbocycles. The monoisotopic (exact) mass is 325 g/mol. The second kappa shape index (κ2) is 6.62. The van der Waals surface area contributed by atoms with Gasteiger partial charge in [-0.1, -0.05) is 0 Å². The molecule has 0 fully saturated rings. The van der Waals surface area contributed by atoms with Crippen molar-refractivity contribution in [3.63, 3.8) is 0 Å². The minimum absolute atomic E-state index is 0.639. The molecular formula is C18H19N3O3. The van der Waals surface area contributed by atoms with Crippen molar-refractivity contribution in [3.8, 4) is 17.2 Å². The molecule has 0 aliphatic heterocycles. The third kappa shape index (κ3) is 2.67. The van der Waals surface area contributed by atoms with Gasteiger partial charge in [-0.2, -0.15) is 5.10 Å². The molecule has 1 aromatic heterocycles. The molecule has 3 rings (SSSR count). The van der Waals surface area contributed by atoms with Crippen LogP contribution in [0.5, 0.6) is 17.2 Å². The highest BCUT2D eigenvalue weighted by molar-refractivity contribution is 5.99. The molecule has 0 radical (unpaired) electrons. The fraction of sp³-hybridized carbons (Fsp3) is 0.222. The first-order chi connectivity index (χ1) is 11.7. The Bertz CT molecular complexity index is 850. The predicted octanol–water partition coefficient (Wildman–Crippen LogP) is 3.42. The highest BCUT2D eigenvalue weighted by atomic mass is 16.5. The summed E-state index contributed by atoms with van der Waals surface area (Å²) in [7, 11) is 6.82. The number of nitrogens with zero attached hydrogens (tertiary/aromatic N) is 3. The number of benzene rings is 2. The van der Waals surface area contributed by atoms with Crippen molar-refractivity contribution >= 4 is 22.3 Å². The Morgan fingerprint density at radius 1 is 0.875 bits per heavy atom. The second-order valence-electron chi connectivity index (χ2n) is 5.19. The van der Waals surface area contributed by atoms with Gasteiger partial charge in [0.2, 0.25) is 0 Å². The molecule has 0 unspecified atom stereocenters. The molecule has 0 bridgehead atoms. The summed E-state index contributed by atoms with van der Waals surface area (Å²) in [5, 5.41) is 10.2. The van der Waals surface area contributed by atoms with Gasteiger partial charge in [0, 0.05) is 18.1 Å². The number of anilines is 2. The van der Waals surface area contributed by atoms with E-state index < -0.39 is 0 Å². The number of hydrogen-bond donors (Lipinski definition) is 0. The summed E-state index contributed by atoms with van der Waals surface area (Å²) in [6.07, 6.45) is 1.71. The van der Waals surface area contributed by atoms with Crippen LogP contribution in [-0.4, -0.2) is 38.6 Å². The van der Waals surface area contributed by atoms with Gasteiger partial charge in [-0.3, -0.25) is 0 Å². The van der Waals surface area contributed by atoms with Gasteiger partial charge in [-0.15, -0.1) is 5.10 Å². The third-order valence-electron chi connectivity index (χ3n) is 3.93. The van der Waals surface area contributed by atoms with Gasteiger partial charge in [-0.25, -0.2) is 0 Å². The predicted molar refractivity (Wildman–Crippen MR) is 93.7 cm³/mol. The summed E-state index contributed by atoms with van der Waals surface area (Å²) in [4.78, 5) is 1.96. The fourth-order valence-corrected chi connectivity index (χ4v) is 2.64. The Labute approximate surface area is 140 Å². The summed E-state index contributed by atoms with van der Waals surface area (Å²) in [5.74, 6) is 2.78. The lowest BCUT2D eigenvalue weighted by Crippen LogP contribution is -2.12. The minimum atomic E-state index is 0.639. The van der Waals surface area contributed by atoms with Crippen molar-refractivity contribution < 1.29 is 14.2 Å². The SMILES string of the molecule is COc1ccc(N(C)c2nncc3ccc(OC)c(OC)c23)cc1. The highest BCUT2D eigenvalue weighted by Crippen LogP contribution is 2.40. The molecule has 124 valence electrons. The van der Waals surface area contributed by atoms with Crippen LogP contribution >= 0.6 is 0 Å². The number of methoxy groups -OCH3 is 3. The molecule has 0 atom stereocenters. The van der Waals surface area contributed by atoms with E-state index in [1.807, 2.05) is 48.3 Å². The smallest absolute Gasteiger partial charge is 0.172 e. The maximum absolute atomic E-state index is 5.57. The molecule has 24 heavy (non-hydrogen) atoms. The van der Waals surface area contributed by atoms with Crippen LogP contribution < -0.4 is 19.1 Å². The average molecular weight is 325 g/mol. The normalized spacial score (nSPS) is 10.5. The zero-order chi connectivity index (χ0) is 17.1. The minimum Gasteiger partial charge on any atom is -0.497 e. The lowest BCUT2D eigenvalue weighted by Gasteiger charge is -2.21. The molecular weight excluding hydrogens is 306 g/mol. The van der Waals surface area contributed by atoms with Crippen molar-refractivity contribution in [1.29, 1.82) is 0 Å². The lowest BCUT2D eigenvalue weighted by molar-refractivity contribution is 0.358. The van der Waals surface area contributed by atoms with Gasteiger partial charge >= 0.3 is 0 Å². The topological polar surface area (TPSA) is 56.7 Å². The molecule has 0 aliphatic rings. The van der Waals surface area contributed by atoms with Crippen molar-refractivity contribution in [2.24, 2.45) is 0 Å². The third-order valence-corrected chi connectivity index (χ3v) is 3.93. The van der Waals surface area contributed by atoms with Gasteiger partial charge in [0.05, 0.1) is 32.9 Å². The average Bonchev–Trinajstić information content (AvgIpc) is 2.65. The van der Waals surface area contributed by atoms with Gasteiger partial charge < -0.3 is 19.1 Å². The van der Waals surface area contributed by atoms with Crippen LogP contribution in [0.15, 0.2) is 42.6 Å². The number of fused-ring (bicyclic) bond motifs is 1. The quantitative estimate of drug-likeness (QED) is 0.716. The number of rotatable bonds is 5. The van der Waals surface area contributed by atoms with Crippen LogP contribution in [-0.2, 0) is 0 Å². The van der Waals surface area contributed by atoms with Crippen LogP contribution in [0.4, 0.5) is 11.5 Å². The standard InChI is InChI=1S/C18H19N3O3/c1-21(13-6-8-14(22-2)9-7-13)18-16-12(11-19-20-18)5-10-15(23-3)17(16)24-4/h5-11H,1-4H3. The number of hydrogen-bond acceptors (Lipinski definition) is 6. The van der Waals surface area contributed by atoms with Crippen molar-refractivity contribution in [3.05, 3.63) is 42.6 Å². The molecule has 0 saturated heterocycles. The fourth-order valence-electron chi connectivity index (χ4n) is 2.64. The van der Waals surface area contributed by atoms with Crippen LogP contribution in [0, 0.1) is 0 Å². The first kappa shape index (κ1) is 15.9. The maximum atomic E-state index is 5.57. The van der Waals surface area contributed by atoms with Gasteiger partial charge in [0.1, 0.15) is 5.75 Å². The zero-order valence-corrected chi connectivity index (χ0v) is 14.1. The molecule has 6 nitrogen and oxygen atoms in total. The van der Waals surface area contributed by atoms with Crippen LogP contribution in [0.25, 0.3) is 10.8 Å². The van der Waals surface area contributed by atoms with E-state index in [0.717, 1.165) is 22.2 Å². The molecule has 0 spiro atoms. The van der Waals surface area contributed by atoms with E-state index in [4.69, 9.17) is 14.2 Å². The number of ether oxygens (including phenoxy) is 3. The van der Waals surface area contributed by atoms with Crippen LogP contribution in [0.1, 0.15) is 0 Å². The van der Waals surface area contributed by atoms with Crippen molar-refractivity contribution in [2.45, 2.75) is 0 Å². The van der Waals surface area contributed by atoms with E-state index in [2.05, 4.69) is 10.2 Å². The molecule has 0 N–H and O–H groups in total. The van der Waals surface area contributed by atoms with Crippen molar-refractivity contribution in [1.82, 2.24) is 10.2 Å². The summed E-state index contributed by atoms with van der Waals surface area (Å²) < 4.78 is 16.2. The summed E-state index contributed by atoms with van der Waals surface area (Å²) in [6.45, 7) is 0. The lowest BCUT2D eigenvalue weighted by atomic mass is 10.1.